The summed E-state index contributed by atoms with van der Waals surface area (Å²) in [5, 5.41) is 3.45. The number of nitrogens with one attached hydrogen (secondary N) is 1. The first-order valence-corrected chi connectivity index (χ1v) is 7.06. The fraction of sp³-hybridized carbons (Fsp3) is 0.294. The lowest BCUT2D eigenvalue weighted by molar-refractivity contribution is 0.844. The van der Waals surface area contributed by atoms with E-state index in [-0.39, 0.29) is 6.17 Å². The Kier molecular flexibility index (Phi) is 2.28. The topological polar surface area (TPSA) is 36.8 Å². The number of anilines is 1. The van der Waals surface area contributed by atoms with Crippen molar-refractivity contribution in [3.05, 3.63) is 52.7 Å². The van der Waals surface area contributed by atoms with Crippen LogP contribution in [0.2, 0.25) is 0 Å². The van der Waals surface area contributed by atoms with Gasteiger partial charge in [-0.3, -0.25) is 4.99 Å². The largest absolute Gasteiger partial charge is 0.358 e. The van der Waals surface area contributed by atoms with Gasteiger partial charge in [0.1, 0.15) is 0 Å². The predicted octanol–water partition coefficient (Wildman–Crippen LogP) is 3.47. The van der Waals surface area contributed by atoms with Crippen molar-refractivity contribution >= 4 is 17.1 Å². The van der Waals surface area contributed by atoms with Gasteiger partial charge in [-0.1, -0.05) is 24.1 Å². The molecule has 1 aromatic carbocycles. The van der Waals surface area contributed by atoms with Crippen LogP contribution in [0.15, 0.2) is 51.6 Å². The van der Waals surface area contributed by atoms with Crippen LogP contribution >= 0.6 is 0 Å². The molecule has 0 aromatic heterocycles. The summed E-state index contributed by atoms with van der Waals surface area (Å²) in [5.74, 6) is 0.441. The lowest BCUT2D eigenvalue weighted by atomic mass is 9.92. The fourth-order valence-electron chi connectivity index (χ4n) is 2.92. The molecule has 1 N–H and O–H groups in total. The average Bonchev–Trinajstić information content (AvgIpc) is 2.75. The van der Waals surface area contributed by atoms with Gasteiger partial charge in [-0.15, -0.1) is 0 Å². The van der Waals surface area contributed by atoms with Gasteiger partial charge in [0.05, 0.1) is 17.1 Å². The standard InChI is InChI=1S/C17H17N3/c1-9-4-5-13-12(6-9)16-17(19-13)20-15-8-11(3)10(2)7-14(15)18-16/h4-8,10,17,19H,1-3H3. The first-order valence-electron chi connectivity index (χ1n) is 7.06. The Labute approximate surface area is 118 Å². The molecule has 2 aliphatic heterocycles. The highest BCUT2D eigenvalue weighted by atomic mass is 15.2. The van der Waals surface area contributed by atoms with E-state index in [1.54, 1.807) is 0 Å². The van der Waals surface area contributed by atoms with Crippen molar-refractivity contribution in [2.45, 2.75) is 26.9 Å². The highest BCUT2D eigenvalue weighted by Gasteiger charge is 2.32. The molecule has 0 spiro atoms. The Morgan fingerprint density at radius 2 is 2.05 bits per heavy atom. The van der Waals surface area contributed by atoms with Crippen molar-refractivity contribution in [1.29, 1.82) is 0 Å². The van der Waals surface area contributed by atoms with Gasteiger partial charge < -0.3 is 5.32 Å². The van der Waals surface area contributed by atoms with E-state index in [0.717, 1.165) is 22.8 Å². The lowest BCUT2D eigenvalue weighted by Gasteiger charge is -2.22. The van der Waals surface area contributed by atoms with E-state index in [0.29, 0.717) is 5.92 Å². The smallest absolute Gasteiger partial charge is 0.163 e. The predicted molar refractivity (Wildman–Crippen MR) is 83.6 cm³/mol. The monoisotopic (exact) mass is 263 g/mol. The SMILES string of the molecule is CC1=CC2=NC3Nc4ccc(C)cc4C3=NC2=CC1C. The third-order valence-electron chi connectivity index (χ3n) is 4.26. The summed E-state index contributed by atoms with van der Waals surface area (Å²) >= 11 is 0. The molecular formula is C17H17N3. The maximum absolute atomic E-state index is 4.87. The molecule has 0 saturated carbocycles. The van der Waals surface area contributed by atoms with Crippen molar-refractivity contribution in [2.75, 3.05) is 5.32 Å². The zero-order valence-corrected chi connectivity index (χ0v) is 11.9. The molecular weight excluding hydrogens is 246 g/mol. The summed E-state index contributed by atoms with van der Waals surface area (Å²) in [6.07, 6.45) is 4.35. The first-order chi connectivity index (χ1) is 9.61. The molecule has 3 nitrogen and oxygen atoms in total. The molecule has 2 atom stereocenters. The van der Waals surface area contributed by atoms with Crippen LogP contribution in [0.25, 0.3) is 0 Å². The van der Waals surface area contributed by atoms with Gasteiger partial charge in [0, 0.05) is 11.3 Å². The summed E-state index contributed by atoms with van der Waals surface area (Å²) in [7, 11) is 0. The Morgan fingerprint density at radius 3 is 2.90 bits per heavy atom. The van der Waals surface area contributed by atoms with Gasteiger partial charge in [0.15, 0.2) is 6.17 Å². The van der Waals surface area contributed by atoms with Crippen LogP contribution in [0.4, 0.5) is 5.69 Å². The minimum atomic E-state index is -0.0311. The number of hydrogen-bond donors (Lipinski definition) is 1. The molecule has 3 heteroatoms. The normalized spacial score (nSPS) is 26.4. The molecule has 2 unspecified atom stereocenters. The fourth-order valence-corrected chi connectivity index (χ4v) is 2.92. The number of rotatable bonds is 0. The van der Waals surface area contributed by atoms with Gasteiger partial charge in [-0.2, -0.15) is 0 Å². The number of fused-ring (bicyclic) bond motifs is 4. The van der Waals surface area contributed by atoms with Gasteiger partial charge in [-0.25, -0.2) is 4.99 Å². The van der Waals surface area contributed by atoms with Crippen molar-refractivity contribution in [2.24, 2.45) is 15.9 Å². The summed E-state index contributed by atoms with van der Waals surface area (Å²) in [6.45, 7) is 6.46. The molecule has 3 aliphatic rings. The highest BCUT2D eigenvalue weighted by Crippen LogP contribution is 2.33. The highest BCUT2D eigenvalue weighted by molar-refractivity contribution is 6.21. The van der Waals surface area contributed by atoms with Crippen molar-refractivity contribution in [3.8, 4) is 0 Å². The number of aryl methyl sites for hydroxylation is 1. The molecule has 1 aromatic rings. The minimum Gasteiger partial charge on any atom is -0.358 e. The molecule has 100 valence electrons. The zero-order chi connectivity index (χ0) is 13.9. The average molecular weight is 263 g/mol. The molecule has 20 heavy (non-hydrogen) atoms. The molecule has 1 aliphatic carbocycles. The molecule has 0 radical (unpaired) electrons. The van der Waals surface area contributed by atoms with Crippen molar-refractivity contribution in [3.63, 3.8) is 0 Å². The summed E-state index contributed by atoms with van der Waals surface area (Å²) in [5.41, 5.74) is 8.01. The van der Waals surface area contributed by atoms with Crippen molar-refractivity contribution < 1.29 is 0 Å². The maximum Gasteiger partial charge on any atom is 0.163 e. The Hall–Kier alpha value is -2.16. The molecule has 2 heterocycles. The number of allylic oxidation sites excluding steroid dienone is 3. The molecule has 0 fully saturated rings. The maximum atomic E-state index is 4.87. The van der Waals surface area contributed by atoms with Crippen LogP contribution < -0.4 is 5.32 Å². The van der Waals surface area contributed by atoms with E-state index >= 15 is 0 Å². The van der Waals surface area contributed by atoms with E-state index < -0.39 is 0 Å². The van der Waals surface area contributed by atoms with Crippen LogP contribution in [-0.4, -0.2) is 17.6 Å². The Balaban J connectivity index is 1.84. The van der Waals surface area contributed by atoms with Gasteiger partial charge in [0.2, 0.25) is 0 Å². The van der Waals surface area contributed by atoms with E-state index in [4.69, 9.17) is 9.98 Å². The molecule has 0 saturated heterocycles. The Bertz CT molecular complexity index is 735. The first kappa shape index (κ1) is 11.6. The van der Waals surface area contributed by atoms with E-state index in [9.17, 15) is 0 Å². The molecule has 4 rings (SSSR count). The second-order valence-electron chi connectivity index (χ2n) is 5.84. The minimum absolute atomic E-state index is 0.0311. The van der Waals surface area contributed by atoms with Crippen molar-refractivity contribution in [1.82, 2.24) is 0 Å². The summed E-state index contributed by atoms with van der Waals surface area (Å²) < 4.78 is 0. The number of hydrogen-bond acceptors (Lipinski definition) is 3. The summed E-state index contributed by atoms with van der Waals surface area (Å²) in [4.78, 5) is 9.70. The molecule has 0 amide bonds. The van der Waals surface area contributed by atoms with Crippen LogP contribution in [0, 0.1) is 12.8 Å². The van der Waals surface area contributed by atoms with Gasteiger partial charge >= 0.3 is 0 Å². The second kappa shape index (κ2) is 3.92. The summed E-state index contributed by atoms with van der Waals surface area (Å²) in [6, 6.07) is 6.43. The number of benzene rings is 1. The van der Waals surface area contributed by atoms with E-state index in [1.807, 2.05) is 0 Å². The van der Waals surface area contributed by atoms with Gasteiger partial charge in [0.25, 0.3) is 0 Å². The van der Waals surface area contributed by atoms with E-state index in [2.05, 4.69) is 56.4 Å². The van der Waals surface area contributed by atoms with Crippen LogP contribution in [0.5, 0.6) is 0 Å². The lowest BCUT2D eigenvalue weighted by Crippen LogP contribution is -2.28. The van der Waals surface area contributed by atoms with Crippen LogP contribution in [0.1, 0.15) is 25.0 Å². The van der Waals surface area contributed by atoms with E-state index in [1.165, 1.54) is 16.7 Å². The number of nitrogens with zero attached hydrogens (tertiary/aromatic N) is 2. The zero-order valence-electron chi connectivity index (χ0n) is 11.9. The quantitative estimate of drug-likeness (QED) is 0.764. The second-order valence-corrected chi connectivity index (χ2v) is 5.84. The molecule has 0 bridgehead atoms. The Morgan fingerprint density at radius 1 is 1.20 bits per heavy atom. The van der Waals surface area contributed by atoms with Gasteiger partial charge in [-0.05, 0) is 44.1 Å². The van der Waals surface area contributed by atoms with Crippen LogP contribution in [0.3, 0.4) is 0 Å². The number of aliphatic imine (C=N–C) groups is 2. The third kappa shape index (κ3) is 1.59. The third-order valence-corrected chi connectivity index (χ3v) is 4.26. The van der Waals surface area contributed by atoms with Crippen LogP contribution in [-0.2, 0) is 0 Å².